The standard InChI is InChI=1S/C17H20FN3O3S/c1-2-25(22,23)21-11-3-4-13(12-21)16-17(20-10-9-19-16)24-15-7-5-14(18)6-8-15/h5-10,13H,2-4,11-12H2,1H3. The first kappa shape index (κ1) is 17.8. The van der Waals surface area contributed by atoms with Crippen LogP contribution in [-0.2, 0) is 10.0 Å². The van der Waals surface area contributed by atoms with Crippen LogP contribution in [0.1, 0.15) is 31.4 Å². The fourth-order valence-corrected chi connectivity index (χ4v) is 4.09. The van der Waals surface area contributed by atoms with Crippen molar-refractivity contribution in [3.8, 4) is 11.6 Å². The van der Waals surface area contributed by atoms with Gasteiger partial charge in [0.2, 0.25) is 15.9 Å². The van der Waals surface area contributed by atoms with E-state index >= 15 is 0 Å². The van der Waals surface area contributed by atoms with Crippen molar-refractivity contribution in [3.05, 3.63) is 48.2 Å². The second kappa shape index (κ2) is 7.45. The third kappa shape index (κ3) is 4.13. The van der Waals surface area contributed by atoms with Crippen molar-refractivity contribution < 1.29 is 17.5 Å². The quantitative estimate of drug-likeness (QED) is 0.815. The third-order valence-corrected chi connectivity index (χ3v) is 6.10. The second-order valence-electron chi connectivity index (χ2n) is 5.90. The van der Waals surface area contributed by atoms with Crippen LogP contribution < -0.4 is 4.74 Å². The van der Waals surface area contributed by atoms with Gasteiger partial charge in [0.1, 0.15) is 17.3 Å². The zero-order valence-corrected chi connectivity index (χ0v) is 14.7. The number of nitrogens with zero attached hydrogens (tertiary/aromatic N) is 3. The molecule has 0 N–H and O–H groups in total. The van der Waals surface area contributed by atoms with Crippen molar-refractivity contribution in [1.29, 1.82) is 0 Å². The highest BCUT2D eigenvalue weighted by atomic mass is 32.2. The van der Waals surface area contributed by atoms with E-state index in [0.717, 1.165) is 12.8 Å². The van der Waals surface area contributed by atoms with E-state index in [0.29, 0.717) is 30.4 Å². The lowest BCUT2D eigenvalue weighted by atomic mass is 9.96. The van der Waals surface area contributed by atoms with Gasteiger partial charge in [0, 0.05) is 31.4 Å². The molecule has 0 aliphatic carbocycles. The summed E-state index contributed by atoms with van der Waals surface area (Å²) in [6, 6.07) is 5.65. The van der Waals surface area contributed by atoms with E-state index < -0.39 is 10.0 Å². The van der Waals surface area contributed by atoms with Crippen LogP contribution in [0.5, 0.6) is 11.6 Å². The molecule has 0 radical (unpaired) electrons. The van der Waals surface area contributed by atoms with Crippen molar-refractivity contribution >= 4 is 10.0 Å². The highest BCUT2D eigenvalue weighted by Gasteiger charge is 2.31. The largest absolute Gasteiger partial charge is 0.437 e. The van der Waals surface area contributed by atoms with Crippen molar-refractivity contribution in [2.24, 2.45) is 0 Å². The molecule has 134 valence electrons. The lowest BCUT2D eigenvalue weighted by Crippen LogP contribution is -2.40. The van der Waals surface area contributed by atoms with Crippen molar-refractivity contribution in [1.82, 2.24) is 14.3 Å². The molecular weight excluding hydrogens is 345 g/mol. The van der Waals surface area contributed by atoms with Gasteiger partial charge >= 0.3 is 0 Å². The average molecular weight is 365 g/mol. The third-order valence-electron chi connectivity index (χ3n) is 4.25. The minimum atomic E-state index is -3.24. The van der Waals surface area contributed by atoms with Gasteiger partial charge in [-0.15, -0.1) is 0 Å². The molecule has 6 nitrogen and oxygen atoms in total. The second-order valence-corrected chi connectivity index (χ2v) is 8.16. The summed E-state index contributed by atoms with van der Waals surface area (Å²) in [5.41, 5.74) is 0.628. The Hall–Kier alpha value is -2.06. The van der Waals surface area contributed by atoms with Crippen LogP contribution >= 0.6 is 0 Å². The van der Waals surface area contributed by atoms with E-state index in [9.17, 15) is 12.8 Å². The summed E-state index contributed by atoms with van der Waals surface area (Å²) < 4.78 is 44.6. The Morgan fingerprint density at radius 1 is 1.24 bits per heavy atom. The molecule has 8 heteroatoms. The monoisotopic (exact) mass is 365 g/mol. The van der Waals surface area contributed by atoms with Crippen LogP contribution in [0.15, 0.2) is 36.7 Å². The van der Waals surface area contributed by atoms with Crippen LogP contribution in [0.4, 0.5) is 4.39 Å². The minimum absolute atomic E-state index is 0.0825. The molecular formula is C17H20FN3O3S. The first-order valence-electron chi connectivity index (χ1n) is 8.21. The van der Waals surface area contributed by atoms with Gasteiger partial charge in [-0.3, -0.25) is 4.98 Å². The average Bonchev–Trinajstić information content (AvgIpc) is 2.64. The summed E-state index contributed by atoms with van der Waals surface area (Å²) in [6.07, 6.45) is 4.66. The highest BCUT2D eigenvalue weighted by molar-refractivity contribution is 7.89. The Kier molecular flexibility index (Phi) is 5.29. The Morgan fingerprint density at radius 2 is 1.96 bits per heavy atom. The summed E-state index contributed by atoms with van der Waals surface area (Å²) in [7, 11) is -3.24. The number of benzene rings is 1. The fourth-order valence-electron chi connectivity index (χ4n) is 2.91. The smallest absolute Gasteiger partial charge is 0.241 e. The molecule has 1 aromatic heterocycles. The minimum Gasteiger partial charge on any atom is -0.437 e. The first-order valence-corrected chi connectivity index (χ1v) is 9.82. The van der Waals surface area contributed by atoms with Gasteiger partial charge in [0.25, 0.3) is 0 Å². The Balaban J connectivity index is 1.84. The Labute approximate surface area is 146 Å². The molecule has 25 heavy (non-hydrogen) atoms. The molecule has 2 aromatic rings. The molecule has 0 bridgehead atoms. The number of ether oxygens (including phenoxy) is 1. The van der Waals surface area contributed by atoms with Crippen molar-refractivity contribution in [3.63, 3.8) is 0 Å². The molecule has 1 aromatic carbocycles. The number of aromatic nitrogens is 2. The van der Waals surface area contributed by atoms with E-state index in [2.05, 4.69) is 9.97 Å². The van der Waals surface area contributed by atoms with E-state index in [1.807, 2.05) is 0 Å². The lowest BCUT2D eigenvalue weighted by molar-refractivity contribution is 0.306. The van der Waals surface area contributed by atoms with Gasteiger partial charge < -0.3 is 4.74 Å². The summed E-state index contributed by atoms with van der Waals surface area (Å²) in [4.78, 5) is 8.61. The van der Waals surface area contributed by atoms with E-state index in [-0.39, 0.29) is 17.5 Å². The molecule has 1 saturated heterocycles. The van der Waals surface area contributed by atoms with E-state index in [1.165, 1.54) is 34.8 Å². The van der Waals surface area contributed by atoms with Crippen molar-refractivity contribution in [2.45, 2.75) is 25.7 Å². The number of halogens is 1. The molecule has 1 unspecified atom stereocenters. The zero-order valence-electron chi connectivity index (χ0n) is 13.9. The maximum atomic E-state index is 13.0. The highest BCUT2D eigenvalue weighted by Crippen LogP contribution is 2.33. The van der Waals surface area contributed by atoms with Gasteiger partial charge in [-0.25, -0.2) is 22.1 Å². The number of sulfonamides is 1. The lowest BCUT2D eigenvalue weighted by Gasteiger charge is -2.31. The first-order chi connectivity index (χ1) is 12.0. The molecule has 0 spiro atoms. The summed E-state index contributed by atoms with van der Waals surface area (Å²) in [5.74, 6) is 0.435. The molecule has 1 aliphatic rings. The summed E-state index contributed by atoms with van der Waals surface area (Å²) in [5, 5.41) is 0. The summed E-state index contributed by atoms with van der Waals surface area (Å²) in [6.45, 7) is 2.54. The van der Waals surface area contributed by atoms with Crippen LogP contribution in [0, 0.1) is 5.82 Å². The molecule has 1 atom stereocenters. The Morgan fingerprint density at radius 3 is 2.68 bits per heavy atom. The van der Waals surface area contributed by atoms with Gasteiger partial charge in [-0.1, -0.05) is 0 Å². The summed E-state index contributed by atoms with van der Waals surface area (Å²) >= 11 is 0. The van der Waals surface area contributed by atoms with Gasteiger partial charge in [-0.05, 0) is 44.0 Å². The van der Waals surface area contributed by atoms with Crippen LogP contribution in [0.3, 0.4) is 0 Å². The molecule has 0 saturated carbocycles. The zero-order chi connectivity index (χ0) is 17.9. The predicted octanol–water partition coefficient (Wildman–Crippen LogP) is 2.94. The van der Waals surface area contributed by atoms with Gasteiger partial charge in [-0.2, -0.15) is 0 Å². The van der Waals surface area contributed by atoms with Crippen LogP contribution in [-0.4, -0.2) is 41.5 Å². The van der Waals surface area contributed by atoms with Gasteiger partial charge in [0.05, 0.1) is 5.75 Å². The number of rotatable bonds is 5. The van der Waals surface area contributed by atoms with Crippen LogP contribution in [0.25, 0.3) is 0 Å². The van der Waals surface area contributed by atoms with Crippen LogP contribution in [0.2, 0.25) is 0 Å². The topological polar surface area (TPSA) is 72.4 Å². The Bertz CT molecular complexity index is 827. The molecule has 0 amide bonds. The number of piperidine rings is 1. The maximum Gasteiger partial charge on any atom is 0.241 e. The fraction of sp³-hybridized carbons (Fsp3) is 0.412. The number of hydrogen-bond acceptors (Lipinski definition) is 5. The molecule has 2 heterocycles. The molecule has 1 aliphatic heterocycles. The number of hydrogen-bond donors (Lipinski definition) is 0. The van der Waals surface area contributed by atoms with Crippen molar-refractivity contribution in [2.75, 3.05) is 18.8 Å². The van der Waals surface area contributed by atoms with E-state index in [1.54, 1.807) is 13.1 Å². The normalized spacial score (nSPS) is 18.9. The molecule has 1 fully saturated rings. The van der Waals surface area contributed by atoms with E-state index in [4.69, 9.17) is 4.74 Å². The maximum absolute atomic E-state index is 13.0. The SMILES string of the molecule is CCS(=O)(=O)N1CCCC(c2nccnc2Oc2ccc(F)cc2)C1. The predicted molar refractivity (Wildman–Crippen MR) is 91.5 cm³/mol. The van der Waals surface area contributed by atoms with Gasteiger partial charge in [0.15, 0.2) is 0 Å². The molecule has 3 rings (SSSR count).